The molecule has 6 nitrogen and oxygen atoms in total. The number of sulfonamides is 2. The summed E-state index contributed by atoms with van der Waals surface area (Å²) >= 11 is 0. The van der Waals surface area contributed by atoms with Crippen molar-refractivity contribution in [2.75, 3.05) is 15.7 Å². The molecule has 0 aliphatic carbocycles. The summed E-state index contributed by atoms with van der Waals surface area (Å²) < 4.78 is 51.6. The zero-order valence-electron chi connectivity index (χ0n) is 12.8. The number of hydrogen-bond donors (Lipinski definition) is 2. The lowest BCUT2D eigenvalue weighted by atomic mass is 10.2. The highest BCUT2D eigenvalue weighted by Crippen LogP contribution is 2.19. The average molecular weight is 354 g/mol. The van der Waals surface area contributed by atoms with Gasteiger partial charge in [0.2, 0.25) is 10.0 Å². The van der Waals surface area contributed by atoms with Gasteiger partial charge in [0.25, 0.3) is 10.0 Å². The summed E-state index contributed by atoms with van der Waals surface area (Å²) in [5.41, 5.74) is 1.77. The van der Waals surface area contributed by atoms with E-state index in [1.807, 2.05) is 6.92 Å². The van der Waals surface area contributed by atoms with Gasteiger partial charge in [-0.25, -0.2) is 16.8 Å². The molecule has 0 saturated heterocycles. The van der Waals surface area contributed by atoms with Crippen molar-refractivity contribution in [3.05, 3.63) is 54.1 Å². The second-order valence-corrected chi connectivity index (χ2v) is 8.49. The van der Waals surface area contributed by atoms with Crippen LogP contribution < -0.4 is 9.44 Å². The van der Waals surface area contributed by atoms with E-state index < -0.39 is 20.0 Å². The number of aryl methyl sites for hydroxylation is 1. The first-order valence-corrected chi connectivity index (χ1v) is 10.3. The summed E-state index contributed by atoms with van der Waals surface area (Å²) in [7, 11) is -7.04. The Kier molecular flexibility index (Phi) is 4.96. The molecule has 2 N–H and O–H groups in total. The Morgan fingerprint density at radius 2 is 1.26 bits per heavy atom. The van der Waals surface area contributed by atoms with Crippen molar-refractivity contribution >= 4 is 31.4 Å². The fraction of sp³-hybridized carbons (Fsp3) is 0.200. The Morgan fingerprint density at radius 3 is 1.70 bits per heavy atom. The normalized spacial score (nSPS) is 11.9. The number of rotatable bonds is 6. The summed E-state index contributed by atoms with van der Waals surface area (Å²) in [5, 5.41) is 0. The van der Waals surface area contributed by atoms with Gasteiger partial charge in [0.15, 0.2) is 0 Å². The molecule has 0 saturated carbocycles. The molecule has 2 rings (SSSR count). The Morgan fingerprint density at radius 1 is 0.783 bits per heavy atom. The van der Waals surface area contributed by atoms with Gasteiger partial charge >= 0.3 is 0 Å². The second kappa shape index (κ2) is 6.59. The van der Waals surface area contributed by atoms with Crippen molar-refractivity contribution in [3.8, 4) is 0 Å². The molecule has 2 aromatic carbocycles. The van der Waals surface area contributed by atoms with Crippen LogP contribution in [0.25, 0.3) is 0 Å². The first-order valence-electron chi connectivity index (χ1n) is 6.89. The molecule has 124 valence electrons. The van der Waals surface area contributed by atoms with Crippen LogP contribution in [0, 0.1) is 0 Å². The highest BCUT2D eigenvalue weighted by molar-refractivity contribution is 7.92. The molecule has 23 heavy (non-hydrogen) atoms. The zero-order valence-corrected chi connectivity index (χ0v) is 14.4. The predicted octanol–water partition coefficient (Wildman–Crippen LogP) is 2.42. The van der Waals surface area contributed by atoms with Gasteiger partial charge in [-0.05, 0) is 48.4 Å². The number of anilines is 2. The van der Waals surface area contributed by atoms with E-state index in [0.29, 0.717) is 11.4 Å². The van der Waals surface area contributed by atoms with Crippen molar-refractivity contribution in [2.24, 2.45) is 0 Å². The van der Waals surface area contributed by atoms with Crippen LogP contribution in [0.1, 0.15) is 12.5 Å². The summed E-state index contributed by atoms with van der Waals surface area (Å²) in [6.07, 6.45) is 1.88. The van der Waals surface area contributed by atoms with E-state index in [4.69, 9.17) is 0 Å². The lowest BCUT2D eigenvalue weighted by molar-refractivity contribution is 0.600. The standard InChI is InChI=1S/C15H18N2O4S2/c1-3-12-4-10-15(11-5-12)23(20,21)17-14-8-6-13(7-9-14)16-22(2,18)19/h4-11,16-17H,3H2,1-2H3. The van der Waals surface area contributed by atoms with Crippen LogP contribution in [0.4, 0.5) is 11.4 Å². The monoisotopic (exact) mass is 354 g/mol. The van der Waals surface area contributed by atoms with Gasteiger partial charge in [-0.2, -0.15) is 0 Å². The van der Waals surface area contributed by atoms with Gasteiger partial charge < -0.3 is 0 Å². The van der Waals surface area contributed by atoms with E-state index in [2.05, 4.69) is 9.44 Å². The van der Waals surface area contributed by atoms with Gasteiger partial charge in [0.05, 0.1) is 11.2 Å². The minimum atomic E-state index is -3.67. The van der Waals surface area contributed by atoms with Crippen molar-refractivity contribution in [3.63, 3.8) is 0 Å². The lowest BCUT2D eigenvalue weighted by Gasteiger charge is -2.10. The maximum Gasteiger partial charge on any atom is 0.261 e. The van der Waals surface area contributed by atoms with E-state index in [9.17, 15) is 16.8 Å². The predicted molar refractivity (Wildman–Crippen MR) is 91.5 cm³/mol. The zero-order chi connectivity index (χ0) is 17.1. The average Bonchev–Trinajstić information content (AvgIpc) is 2.48. The molecule has 0 aromatic heterocycles. The van der Waals surface area contributed by atoms with E-state index in [1.54, 1.807) is 24.3 Å². The summed E-state index contributed by atoms with van der Waals surface area (Å²) in [4.78, 5) is 0.174. The molecular formula is C15H18N2O4S2. The topological polar surface area (TPSA) is 92.3 Å². The summed E-state index contributed by atoms with van der Waals surface area (Å²) in [5.74, 6) is 0. The minimum absolute atomic E-state index is 0.174. The second-order valence-electron chi connectivity index (χ2n) is 5.05. The van der Waals surface area contributed by atoms with Crippen LogP contribution in [0.2, 0.25) is 0 Å². The van der Waals surface area contributed by atoms with E-state index in [1.165, 1.54) is 24.3 Å². The van der Waals surface area contributed by atoms with Gasteiger partial charge in [0.1, 0.15) is 0 Å². The summed E-state index contributed by atoms with van der Waals surface area (Å²) in [6.45, 7) is 1.99. The molecule has 0 unspecified atom stereocenters. The van der Waals surface area contributed by atoms with Crippen LogP contribution in [-0.2, 0) is 26.5 Å². The molecule has 0 spiro atoms. The third-order valence-corrected chi connectivity index (χ3v) is 5.09. The fourth-order valence-electron chi connectivity index (χ4n) is 1.94. The van der Waals surface area contributed by atoms with Gasteiger partial charge in [-0.3, -0.25) is 9.44 Å². The van der Waals surface area contributed by atoms with E-state index in [-0.39, 0.29) is 4.90 Å². The molecule has 8 heteroatoms. The molecule has 0 amide bonds. The minimum Gasteiger partial charge on any atom is -0.284 e. The van der Waals surface area contributed by atoms with Gasteiger partial charge in [-0.15, -0.1) is 0 Å². The van der Waals surface area contributed by atoms with E-state index >= 15 is 0 Å². The first kappa shape index (κ1) is 17.3. The van der Waals surface area contributed by atoms with Crippen molar-refractivity contribution < 1.29 is 16.8 Å². The van der Waals surface area contributed by atoms with Crippen LogP contribution in [0.3, 0.4) is 0 Å². The third-order valence-electron chi connectivity index (χ3n) is 3.08. The first-order chi connectivity index (χ1) is 10.7. The lowest BCUT2D eigenvalue weighted by Crippen LogP contribution is -2.13. The molecule has 0 heterocycles. The van der Waals surface area contributed by atoms with Crippen molar-refractivity contribution in [1.29, 1.82) is 0 Å². The molecule has 0 bridgehead atoms. The molecule has 0 aliphatic rings. The Bertz CT molecular complexity index is 872. The van der Waals surface area contributed by atoms with Crippen molar-refractivity contribution in [1.82, 2.24) is 0 Å². The quantitative estimate of drug-likeness (QED) is 0.833. The number of hydrogen-bond acceptors (Lipinski definition) is 4. The van der Waals surface area contributed by atoms with Crippen molar-refractivity contribution in [2.45, 2.75) is 18.2 Å². The summed E-state index contributed by atoms with van der Waals surface area (Å²) in [6, 6.07) is 12.6. The maximum atomic E-state index is 12.3. The van der Waals surface area contributed by atoms with Crippen LogP contribution in [0.15, 0.2) is 53.4 Å². The number of nitrogens with one attached hydrogen (secondary N) is 2. The molecule has 0 radical (unpaired) electrons. The van der Waals surface area contributed by atoms with Gasteiger partial charge in [-0.1, -0.05) is 19.1 Å². The molecule has 0 atom stereocenters. The SMILES string of the molecule is CCc1ccc(S(=O)(=O)Nc2ccc(NS(C)(=O)=O)cc2)cc1. The van der Waals surface area contributed by atoms with Crippen LogP contribution >= 0.6 is 0 Å². The molecule has 2 aromatic rings. The molecule has 0 aliphatic heterocycles. The van der Waals surface area contributed by atoms with Gasteiger partial charge in [0, 0.05) is 11.4 Å². The Labute approximate surface area is 136 Å². The third kappa shape index (κ3) is 4.97. The smallest absolute Gasteiger partial charge is 0.261 e. The Hall–Kier alpha value is -2.06. The largest absolute Gasteiger partial charge is 0.284 e. The molecule has 0 fully saturated rings. The van der Waals surface area contributed by atoms with E-state index in [0.717, 1.165) is 18.2 Å². The molecular weight excluding hydrogens is 336 g/mol. The maximum absolute atomic E-state index is 12.3. The highest BCUT2D eigenvalue weighted by atomic mass is 32.2. The van der Waals surface area contributed by atoms with Crippen LogP contribution in [-0.4, -0.2) is 23.1 Å². The highest BCUT2D eigenvalue weighted by Gasteiger charge is 2.14. The van der Waals surface area contributed by atoms with Crippen LogP contribution in [0.5, 0.6) is 0 Å². The number of benzene rings is 2. The Balaban J connectivity index is 2.16. The fourth-order valence-corrected chi connectivity index (χ4v) is 3.56.